The number of ether oxygens (including phenoxy) is 4. The van der Waals surface area contributed by atoms with Crippen molar-refractivity contribution in [2.24, 2.45) is 35.5 Å². The maximum absolute atomic E-state index is 14.7. The molecular weight excluding hydrogens is 933 g/mol. The summed E-state index contributed by atoms with van der Waals surface area (Å²) in [7, 11) is 6.38. The van der Waals surface area contributed by atoms with Crippen LogP contribution >= 0.6 is 0 Å². The van der Waals surface area contributed by atoms with Gasteiger partial charge < -0.3 is 38.8 Å². The fourth-order valence-corrected chi connectivity index (χ4v) is 10.5. The predicted molar refractivity (Wildman–Crippen MR) is 279 cm³/mol. The number of hydrogen-bond acceptors (Lipinski definition) is 12. The van der Waals surface area contributed by atoms with Gasteiger partial charge in [-0.3, -0.25) is 33.6 Å². The third-order valence-corrected chi connectivity index (χ3v) is 15.3. The number of aliphatic hydroxyl groups is 1. The van der Waals surface area contributed by atoms with Crippen LogP contribution in [0.25, 0.3) is 0 Å². The topological polar surface area (TPSA) is 190 Å². The minimum Gasteiger partial charge on any atom is -0.491 e. The van der Waals surface area contributed by atoms with Crippen LogP contribution in [-0.2, 0) is 47.8 Å². The van der Waals surface area contributed by atoms with Crippen LogP contribution in [0.2, 0.25) is 0 Å². The highest BCUT2D eigenvalue weighted by molar-refractivity contribution is 6.32. The van der Waals surface area contributed by atoms with Gasteiger partial charge in [0.15, 0.2) is 5.78 Å². The first kappa shape index (κ1) is 60.3. The second-order valence-corrected chi connectivity index (χ2v) is 20.9. The third-order valence-electron chi connectivity index (χ3n) is 15.3. The van der Waals surface area contributed by atoms with Crippen molar-refractivity contribution in [1.82, 2.24) is 14.7 Å². The lowest BCUT2D eigenvalue weighted by Crippen LogP contribution is -2.54. The van der Waals surface area contributed by atoms with E-state index in [1.807, 2.05) is 85.7 Å². The first-order chi connectivity index (χ1) is 34.5. The molecular formula is C57H84N4O12. The molecule has 404 valence electrons. The van der Waals surface area contributed by atoms with E-state index in [9.17, 15) is 38.7 Å². The molecule has 73 heavy (non-hydrogen) atoms. The van der Waals surface area contributed by atoms with Crippen LogP contribution in [0, 0.1) is 35.5 Å². The number of ketones is 2. The van der Waals surface area contributed by atoms with Gasteiger partial charge in [-0.15, -0.1) is 0 Å². The molecule has 2 aliphatic rings. The Hall–Kier alpha value is -5.29. The molecule has 10 atom stereocenters. The number of carbonyl (C=O) groups is 7. The average Bonchev–Trinajstić information content (AvgIpc) is 3.93. The maximum atomic E-state index is 14.7. The summed E-state index contributed by atoms with van der Waals surface area (Å²) in [5.41, 5.74) is 2.01. The number of likely N-dealkylation sites (N-methyl/N-ethyl adjacent to an activating group) is 2. The predicted octanol–water partition coefficient (Wildman–Crippen LogP) is 7.26. The van der Waals surface area contributed by atoms with Crippen molar-refractivity contribution >= 4 is 46.8 Å². The molecule has 1 unspecified atom stereocenters. The van der Waals surface area contributed by atoms with E-state index in [0.717, 1.165) is 16.9 Å². The lowest BCUT2D eigenvalue weighted by Gasteiger charge is -2.41. The Bertz CT molecular complexity index is 2210. The Morgan fingerprint density at radius 1 is 0.753 bits per heavy atom. The van der Waals surface area contributed by atoms with Gasteiger partial charge in [-0.1, -0.05) is 92.1 Å². The monoisotopic (exact) mass is 1020 g/mol. The van der Waals surface area contributed by atoms with Crippen molar-refractivity contribution in [2.45, 2.75) is 144 Å². The summed E-state index contributed by atoms with van der Waals surface area (Å²) in [5.74, 6) is -3.56. The minimum atomic E-state index is -0.830. The number of anilines is 1. The zero-order valence-corrected chi connectivity index (χ0v) is 45.9. The quantitative estimate of drug-likeness (QED) is 0.0636. The fraction of sp³-hybridized carbons (Fsp3) is 0.632. The van der Waals surface area contributed by atoms with E-state index in [1.165, 1.54) is 4.90 Å². The van der Waals surface area contributed by atoms with Gasteiger partial charge in [-0.25, -0.2) is 4.90 Å². The number of likely N-dealkylation sites (tertiary alicyclic amines) is 1. The number of hydrogen-bond donors (Lipinski definition) is 1. The summed E-state index contributed by atoms with van der Waals surface area (Å²) in [6.45, 7) is 18.9. The maximum Gasteiger partial charge on any atom is 0.261 e. The van der Waals surface area contributed by atoms with Crippen LogP contribution in [-0.4, -0.2) is 146 Å². The molecule has 2 aromatic rings. The second kappa shape index (κ2) is 27.8. The molecule has 1 saturated heterocycles. The van der Waals surface area contributed by atoms with Crippen molar-refractivity contribution in [2.75, 3.05) is 59.6 Å². The number of Topliss-reactive ketones (excluding diaryl/α,β-unsaturated/α-hetero) is 2. The minimum absolute atomic E-state index is 0.0175. The van der Waals surface area contributed by atoms with Crippen molar-refractivity contribution < 1.29 is 57.6 Å². The Morgan fingerprint density at radius 3 is 1.92 bits per heavy atom. The molecule has 2 aliphatic heterocycles. The molecule has 5 amide bonds. The molecule has 0 aliphatic carbocycles. The van der Waals surface area contributed by atoms with E-state index >= 15 is 0 Å². The number of aliphatic hydroxyl groups excluding tert-OH is 1. The van der Waals surface area contributed by atoms with Gasteiger partial charge in [-0.05, 0) is 80.2 Å². The van der Waals surface area contributed by atoms with E-state index in [-0.39, 0.29) is 104 Å². The third kappa shape index (κ3) is 14.9. The van der Waals surface area contributed by atoms with E-state index in [1.54, 1.807) is 76.2 Å². The molecule has 16 heteroatoms. The van der Waals surface area contributed by atoms with Gasteiger partial charge in [0, 0.05) is 70.7 Å². The number of nitrogens with zero attached hydrogens (tertiary/aromatic N) is 4. The fourth-order valence-electron chi connectivity index (χ4n) is 10.5. The van der Waals surface area contributed by atoms with Crippen molar-refractivity contribution in [1.29, 1.82) is 0 Å². The lowest BCUT2D eigenvalue weighted by molar-refractivity contribution is -0.150. The van der Waals surface area contributed by atoms with Gasteiger partial charge in [0.25, 0.3) is 11.8 Å². The first-order valence-electron chi connectivity index (χ1n) is 26.0. The Labute approximate surface area is 434 Å². The summed E-state index contributed by atoms with van der Waals surface area (Å²) >= 11 is 0. The molecule has 0 bridgehead atoms. The molecule has 2 heterocycles. The molecule has 2 aromatic carbocycles. The standard InChI is InChI=1S/C57H84N4O12/c1-15-36(6)52(48(70-13)32-49(64)60-27-19-22-45(60)54(71-14)40(10)46(62)30-37(7)53(66)41-20-17-16-18-21-41)59(12)57(69)44(34(2)3)31-47(63)51(35(4)5)58(11)50(65)33-72-28-29-73-43-25-23-42(24-26-43)61-55(67)38(8)39(9)56(61)68/h16-18,20-21,23-26,34-37,40,44-45,48,51-54,66H,15,19,22,27-33H2,1-14H3/t36?,37-,40-,44-,45-,48+,51-,52-,53+,54+/m0/s1. The van der Waals surface area contributed by atoms with Crippen molar-refractivity contribution in [3.8, 4) is 5.75 Å². The SMILES string of the molecule is CCC(C)[C@@H]([C@@H](CC(=O)N1CCC[C@H]1[C@H](OC)[C@@H](C)C(=O)C[C@H](C)[C@@H](O)c1ccccc1)OC)N(C)C(=O)[C@@H](CC(=O)[C@H](C(C)C)N(C)C(=O)COCCOc1ccc(N2C(=O)C(C)=C(C)C2=O)cc1)C(C)C. The van der Waals surface area contributed by atoms with E-state index in [0.29, 0.717) is 42.0 Å². The largest absolute Gasteiger partial charge is 0.491 e. The molecule has 4 rings (SSSR count). The second-order valence-electron chi connectivity index (χ2n) is 20.9. The van der Waals surface area contributed by atoms with Crippen LogP contribution in [0.4, 0.5) is 5.69 Å². The highest BCUT2D eigenvalue weighted by atomic mass is 16.5. The number of benzene rings is 2. The van der Waals surface area contributed by atoms with Gasteiger partial charge in [0.1, 0.15) is 24.7 Å². The van der Waals surface area contributed by atoms with Gasteiger partial charge in [0.2, 0.25) is 17.7 Å². The zero-order chi connectivity index (χ0) is 54.4. The Balaban J connectivity index is 1.36. The van der Waals surface area contributed by atoms with E-state index in [2.05, 4.69) is 0 Å². The van der Waals surface area contributed by atoms with Gasteiger partial charge >= 0.3 is 0 Å². The van der Waals surface area contributed by atoms with Crippen LogP contribution in [0.15, 0.2) is 65.7 Å². The Morgan fingerprint density at radius 2 is 1.37 bits per heavy atom. The van der Waals surface area contributed by atoms with E-state index < -0.39 is 48.1 Å². The van der Waals surface area contributed by atoms with Crippen LogP contribution < -0.4 is 9.64 Å². The lowest BCUT2D eigenvalue weighted by atomic mass is 9.83. The molecule has 0 aromatic heterocycles. The van der Waals surface area contributed by atoms with Crippen molar-refractivity contribution in [3.63, 3.8) is 0 Å². The molecule has 0 spiro atoms. The van der Waals surface area contributed by atoms with E-state index in [4.69, 9.17) is 18.9 Å². The highest BCUT2D eigenvalue weighted by Crippen LogP contribution is 2.34. The number of rotatable bonds is 29. The normalized spacial score (nSPS) is 18.8. The molecule has 0 saturated carbocycles. The summed E-state index contributed by atoms with van der Waals surface area (Å²) in [6.07, 6.45) is 0.0465. The molecule has 1 fully saturated rings. The van der Waals surface area contributed by atoms with Gasteiger partial charge in [-0.2, -0.15) is 0 Å². The number of carbonyl (C=O) groups excluding carboxylic acids is 7. The zero-order valence-electron chi connectivity index (χ0n) is 45.9. The number of imide groups is 1. The summed E-state index contributed by atoms with van der Waals surface area (Å²) in [5, 5.41) is 11.0. The summed E-state index contributed by atoms with van der Waals surface area (Å²) < 4.78 is 23.5. The highest BCUT2D eigenvalue weighted by Gasteiger charge is 2.44. The van der Waals surface area contributed by atoms with Crippen LogP contribution in [0.1, 0.15) is 119 Å². The molecule has 16 nitrogen and oxygen atoms in total. The van der Waals surface area contributed by atoms with Crippen molar-refractivity contribution in [3.05, 3.63) is 71.3 Å². The Kier molecular flexibility index (Phi) is 23.0. The summed E-state index contributed by atoms with van der Waals surface area (Å²) in [6, 6.07) is 14.1. The molecule has 1 N–H and O–H groups in total. The molecule has 0 radical (unpaired) electrons. The van der Waals surface area contributed by atoms with Crippen LogP contribution in [0.3, 0.4) is 0 Å². The smallest absolute Gasteiger partial charge is 0.261 e. The average molecular weight is 1020 g/mol. The first-order valence-corrected chi connectivity index (χ1v) is 26.0. The van der Waals surface area contributed by atoms with Gasteiger partial charge in [0.05, 0.1) is 55.2 Å². The number of methoxy groups -OCH3 is 2. The number of amides is 5. The summed E-state index contributed by atoms with van der Waals surface area (Å²) in [4.78, 5) is 102. The van der Waals surface area contributed by atoms with Crippen LogP contribution in [0.5, 0.6) is 5.75 Å².